The topological polar surface area (TPSA) is 99.3 Å². The molecule has 0 aliphatic carbocycles. The number of ether oxygens (including phenoxy) is 1. The summed E-state index contributed by atoms with van der Waals surface area (Å²) in [5.74, 6) is 0.414. The Labute approximate surface area is 176 Å². The number of carbonyl (C=O) groups is 1. The number of hydrogen-bond donors (Lipinski definition) is 1. The van der Waals surface area contributed by atoms with Crippen LogP contribution in [0.3, 0.4) is 0 Å². The summed E-state index contributed by atoms with van der Waals surface area (Å²) >= 11 is 7.32. The van der Waals surface area contributed by atoms with E-state index in [9.17, 15) is 14.9 Å². The van der Waals surface area contributed by atoms with Crippen molar-refractivity contribution in [3.05, 3.63) is 70.0 Å². The van der Waals surface area contributed by atoms with Crippen LogP contribution in [0.1, 0.15) is 6.92 Å². The minimum Gasteiger partial charge on any atom is -0.497 e. The maximum Gasteiger partial charge on any atom is 0.271 e. The zero-order chi connectivity index (χ0) is 21.0. The van der Waals surface area contributed by atoms with Gasteiger partial charge in [0, 0.05) is 30.6 Å². The molecule has 10 heteroatoms. The number of nitrogens with one attached hydrogen (secondary N) is 1. The molecule has 0 aliphatic rings. The van der Waals surface area contributed by atoms with Gasteiger partial charge in [0.15, 0.2) is 5.16 Å². The number of benzene rings is 2. The Hall–Kier alpha value is -3.04. The summed E-state index contributed by atoms with van der Waals surface area (Å²) < 4.78 is 7.11. The number of aromatic nitrogens is 2. The van der Waals surface area contributed by atoms with Gasteiger partial charge in [0.1, 0.15) is 5.75 Å². The fourth-order valence-electron chi connectivity index (χ4n) is 2.50. The van der Waals surface area contributed by atoms with E-state index in [4.69, 9.17) is 16.3 Å². The van der Waals surface area contributed by atoms with Gasteiger partial charge in [0.2, 0.25) is 5.91 Å². The average Bonchev–Trinajstić information content (AvgIpc) is 3.17. The van der Waals surface area contributed by atoms with Gasteiger partial charge in [-0.15, -0.1) is 0 Å². The Balaban J connectivity index is 1.72. The van der Waals surface area contributed by atoms with Crippen molar-refractivity contribution in [2.75, 3.05) is 12.4 Å². The van der Waals surface area contributed by atoms with Gasteiger partial charge in [0.25, 0.3) is 5.69 Å². The van der Waals surface area contributed by atoms with Crippen LogP contribution in [0, 0.1) is 10.1 Å². The summed E-state index contributed by atoms with van der Waals surface area (Å²) in [5, 5.41) is 13.7. The van der Waals surface area contributed by atoms with Crippen LogP contribution in [0.5, 0.6) is 5.75 Å². The molecular formula is C19H17ClN4O4S. The number of carbonyl (C=O) groups excluding carboxylic acids is 1. The lowest BCUT2D eigenvalue weighted by molar-refractivity contribution is -0.384. The molecule has 0 radical (unpaired) electrons. The van der Waals surface area contributed by atoms with Crippen molar-refractivity contribution < 1.29 is 14.5 Å². The zero-order valence-electron chi connectivity index (χ0n) is 15.5. The lowest BCUT2D eigenvalue weighted by Crippen LogP contribution is -2.23. The number of thioether (sulfide) groups is 1. The molecule has 0 aliphatic heterocycles. The van der Waals surface area contributed by atoms with Crippen LogP contribution >= 0.6 is 23.4 Å². The van der Waals surface area contributed by atoms with E-state index in [2.05, 4.69) is 10.3 Å². The van der Waals surface area contributed by atoms with E-state index >= 15 is 0 Å². The molecule has 0 bridgehead atoms. The van der Waals surface area contributed by atoms with E-state index in [1.54, 1.807) is 26.4 Å². The summed E-state index contributed by atoms with van der Waals surface area (Å²) in [4.78, 5) is 27.2. The van der Waals surface area contributed by atoms with Crippen molar-refractivity contribution >= 4 is 40.6 Å². The predicted octanol–water partition coefficient (Wildman–Crippen LogP) is 4.56. The fourth-order valence-corrected chi connectivity index (χ4v) is 3.60. The van der Waals surface area contributed by atoms with Crippen LogP contribution in [0.2, 0.25) is 5.02 Å². The van der Waals surface area contributed by atoms with Gasteiger partial charge in [-0.2, -0.15) is 0 Å². The monoisotopic (exact) mass is 432 g/mol. The third kappa shape index (κ3) is 4.87. The number of halogens is 1. The van der Waals surface area contributed by atoms with Gasteiger partial charge in [-0.3, -0.25) is 19.5 Å². The van der Waals surface area contributed by atoms with Gasteiger partial charge in [0.05, 0.1) is 33.7 Å². The number of amides is 1. The number of hydrogen-bond acceptors (Lipinski definition) is 6. The molecule has 1 amide bonds. The number of nitro groups is 1. The van der Waals surface area contributed by atoms with Gasteiger partial charge >= 0.3 is 0 Å². The molecule has 8 nitrogen and oxygen atoms in total. The highest BCUT2D eigenvalue weighted by atomic mass is 35.5. The first-order chi connectivity index (χ1) is 13.9. The third-order valence-electron chi connectivity index (χ3n) is 4.01. The lowest BCUT2D eigenvalue weighted by Gasteiger charge is -2.14. The number of rotatable bonds is 7. The maximum atomic E-state index is 12.6. The molecule has 1 aromatic heterocycles. The summed E-state index contributed by atoms with van der Waals surface area (Å²) in [6, 6.07) is 11.4. The van der Waals surface area contributed by atoms with E-state index in [-0.39, 0.29) is 16.6 Å². The van der Waals surface area contributed by atoms with Crippen molar-refractivity contribution in [3.8, 4) is 11.4 Å². The molecule has 2 aromatic carbocycles. The quantitative estimate of drug-likeness (QED) is 0.333. The van der Waals surface area contributed by atoms with Crippen LogP contribution in [-0.2, 0) is 4.79 Å². The molecular weight excluding hydrogens is 416 g/mol. The molecule has 0 fully saturated rings. The van der Waals surface area contributed by atoms with Crippen molar-refractivity contribution in [1.82, 2.24) is 9.55 Å². The fraction of sp³-hybridized carbons (Fsp3) is 0.158. The molecule has 0 saturated carbocycles. The number of anilines is 1. The first-order valence-electron chi connectivity index (χ1n) is 8.48. The van der Waals surface area contributed by atoms with Gasteiger partial charge in [-0.1, -0.05) is 29.4 Å². The number of non-ortho nitro benzene ring substituents is 1. The summed E-state index contributed by atoms with van der Waals surface area (Å²) in [5.41, 5.74) is 1.02. The molecule has 0 spiro atoms. The molecule has 1 N–H and O–H groups in total. The number of nitro benzene ring substituents is 1. The van der Waals surface area contributed by atoms with Gasteiger partial charge < -0.3 is 10.1 Å². The van der Waals surface area contributed by atoms with Crippen molar-refractivity contribution in [2.45, 2.75) is 17.3 Å². The molecule has 1 heterocycles. The van der Waals surface area contributed by atoms with Crippen LogP contribution in [0.15, 0.2) is 60.0 Å². The Morgan fingerprint density at radius 3 is 2.83 bits per heavy atom. The minimum absolute atomic E-state index is 0.0997. The first kappa shape index (κ1) is 20.7. The van der Waals surface area contributed by atoms with Gasteiger partial charge in [-0.05, 0) is 25.1 Å². The zero-order valence-corrected chi connectivity index (χ0v) is 17.1. The Morgan fingerprint density at radius 2 is 2.14 bits per heavy atom. The summed E-state index contributed by atoms with van der Waals surface area (Å²) in [6.45, 7) is 1.74. The predicted molar refractivity (Wildman–Crippen MR) is 112 cm³/mol. The standard InChI is InChI=1S/C19H17ClN4O4S/c1-12(18(25)22-17-7-6-14(24(26)27)11-16(17)20)29-19-21-8-9-23(19)13-4-3-5-15(10-13)28-2/h3-12H,1-2H3,(H,22,25). The molecule has 1 unspecified atom stereocenters. The number of nitrogens with zero attached hydrogens (tertiary/aromatic N) is 3. The molecule has 0 saturated heterocycles. The second-order valence-electron chi connectivity index (χ2n) is 5.95. The maximum absolute atomic E-state index is 12.6. The van der Waals surface area contributed by atoms with E-state index in [0.29, 0.717) is 16.6 Å². The third-order valence-corrected chi connectivity index (χ3v) is 5.40. The summed E-state index contributed by atoms with van der Waals surface area (Å²) in [6.07, 6.45) is 3.45. The Bertz CT molecular complexity index is 1060. The van der Waals surface area contributed by atoms with Crippen LogP contribution in [-0.4, -0.2) is 32.7 Å². The van der Waals surface area contributed by atoms with E-state index in [1.165, 1.54) is 30.0 Å². The SMILES string of the molecule is COc1cccc(-n2ccnc2SC(C)C(=O)Nc2ccc([N+](=O)[O-])cc2Cl)c1. The Kier molecular flexibility index (Phi) is 6.40. The van der Waals surface area contributed by atoms with Crippen molar-refractivity contribution in [1.29, 1.82) is 0 Å². The minimum atomic E-state index is -0.547. The smallest absolute Gasteiger partial charge is 0.271 e. The molecule has 29 heavy (non-hydrogen) atoms. The van der Waals surface area contributed by atoms with E-state index in [0.717, 1.165) is 5.69 Å². The van der Waals surface area contributed by atoms with Crippen molar-refractivity contribution in [2.24, 2.45) is 0 Å². The van der Waals surface area contributed by atoms with E-state index in [1.807, 2.05) is 28.8 Å². The van der Waals surface area contributed by atoms with Crippen molar-refractivity contribution in [3.63, 3.8) is 0 Å². The lowest BCUT2D eigenvalue weighted by atomic mass is 10.2. The van der Waals surface area contributed by atoms with Gasteiger partial charge in [-0.25, -0.2) is 4.98 Å². The first-order valence-corrected chi connectivity index (χ1v) is 9.74. The highest BCUT2D eigenvalue weighted by Gasteiger charge is 2.20. The van der Waals surface area contributed by atoms with E-state index < -0.39 is 10.2 Å². The van der Waals surface area contributed by atoms with Crippen LogP contribution in [0.4, 0.5) is 11.4 Å². The number of methoxy groups -OCH3 is 1. The number of imidazole rings is 1. The second kappa shape index (κ2) is 8.97. The largest absolute Gasteiger partial charge is 0.497 e. The average molecular weight is 433 g/mol. The Morgan fingerprint density at radius 1 is 1.34 bits per heavy atom. The van der Waals surface area contributed by atoms with Crippen LogP contribution < -0.4 is 10.1 Å². The van der Waals surface area contributed by atoms with Crippen LogP contribution in [0.25, 0.3) is 5.69 Å². The normalized spacial score (nSPS) is 11.7. The second-order valence-corrected chi connectivity index (χ2v) is 7.67. The molecule has 1 atom stereocenters. The molecule has 150 valence electrons. The molecule has 3 rings (SSSR count). The highest BCUT2D eigenvalue weighted by molar-refractivity contribution is 8.00. The molecule has 3 aromatic rings. The highest BCUT2D eigenvalue weighted by Crippen LogP contribution is 2.29. The summed E-state index contributed by atoms with van der Waals surface area (Å²) in [7, 11) is 1.60.